The van der Waals surface area contributed by atoms with E-state index in [0.717, 1.165) is 59.4 Å². The highest BCUT2D eigenvalue weighted by molar-refractivity contribution is 7.15. The second kappa shape index (κ2) is 19.9. The fourth-order valence-electron chi connectivity index (χ4n) is 8.64. The predicted octanol–water partition coefficient (Wildman–Crippen LogP) is 6.87. The van der Waals surface area contributed by atoms with Crippen molar-refractivity contribution in [3.8, 4) is 38.4 Å². The van der Waals surface area contributed by atoms with Crippen molar-refractivity contribution in [2.24, 2.45) is 10.4 Å². The van der Waals surface area contributed by atoms with E-state index in [-0.39, 0.29) is 37.2 Å². The average Bonchev–Trinajstić information content (AvgIpc) is 4.10. The normalized spacial score (nSPS) is 16.9. The van der Waals surface area contributed by atoms with Crippen LogP contribution < -0.4 is 15.4 Å². The second-order valence-electron chi connectivity index (χ2n) is 18.3. The van der Waals surface area contributed by atoms with Crippen LogP contribution in [-0.2, 0) is 30.5 Å². The summed E-state index contributed by atoms with van der Waals surface area (Å²) in [6.45, 7) is 13.0. The van der Waals surface area contributed by atoms with Crippen LogP contribution >= 0.6 is 22.7 Å². The number of rotatable bonds is 13. The molecular formula is C51H53N9O7S2. The van der Waals surface area contributed by atoms with E-state index in [2.05, 4.69) is 45.7 Å². The van der Waals surface area contributed by atoms with Gasteiger partial charge < -0.3 is 30.1 Å². The lowest BCUT2D eigenvalue weighted by molar-refractivity contribution is -0.144. The van der Waals surface area contributed by atoms with Crippen molar-refractivity contribution >= 4 is 52.1 Å². The number of aromatic nitrogens is 4. The van der Waals surface area contributed by atoms with Crippen LogP contribution in [0.15, 0.2) is 77.2 Å². The van der Waals surface area contributed by atoms with Gasteiger partial charge in [0.15, 0.2) is 12.4 Å². The number of likely N-dealkylation sites (tertiary alicyclic amines) is 1. The van der Waals surface area contributed by atoms with Crippen LogP contribution in [0, 0.1) is 44.4 Å². The number of esters is 1. The van der Waals surface area contributed by atoms with Gasteiger partial charge in [0.2, 0.25) is 11.8 Å². The lowest BCUT2D eigenvalue weighted by Gasteiger charge is -2.35. The molecule has 3 aromatic heterocycles. The number of hydrogen-bond donors (Lipinski definition) is 3. The molecule has 1 fully saturated rings. The third-order valence-electron chi connectivity index (χ3n) is 12.5. The van der Waals surface area contributed by atoms with Gasteiger partial charge >= 0.3 is 5.97 Å². The summed E-state index contributed by atoms with van der Waals surface area (Å²) in [6.07, 6.45) is -0.875. The second-order valence-corrected chi connectivity index (χ2v) is 20.4. The van der Waals surface area contributed by atoms with E-state index in [1.807, 2.05) is 66.9 Å². The number of benzene rings is 3. The van der Waals surface area contributed by atoms with Gasteiger partial charge in [-0.25, -0.2) is 4.98 Å². The molecule has 69 heavy (non-hydrogen) atoms. The third-order valence-corrected chi connectivity index (χ3v) is 14.7. The molecule has 3 N–H and O–H groups in total. The number of ether oxygens (including phenoxy) is 2. The van der Waals surface area contributed by atoms with E-state index in [0.29, 0.717) is 17.4 Å². The topological polar surface area (TPSA) is 214 Å². The zero-order chi connectivity index (χ0) is 49.3. The van der Waals surface area contributed by atoms with Crippen LogP contribution in [0.25, 0.3) is 26.6 Å². The van der Waals surface area contributed by atoms with E-state index in [1.54, 1.807) is 67.2 Å². The van der Waals surface area contributed by atoms with Crippen LogP contribution in [0.3, 0.4) is 0 Å². The Morgan fingerprint density at radius 2 is 1.65 bits per heavy atom. The van der Waals surface area contributed by atoms with Crippen molar-refractivity contribution in [2.45, 2.75) is 92.1 Å². The number of aliphatic imine (C=N–C) groups is 1. The number of thiophene rings is 1. The predicted molar refractivity (Wildman–Crippen MR) is 262 cm³/mol. The number of fused-ring (bicyclic) bond motifs is 3. The molecule has 3 amide bonds. The molecule has 5 heterocycles. The van der Waals surface area contributed by atoms with E-state index >= 15 is 0 Å². The molecule has 6 aromatic rings. The van der Waals surface area contributed by atoms with Gasteiger partial charge in [-0.2, -0.15) is 5.26 Å². The van der Waals surface area contributed by atoms with Crippen molar-refractivity contribution in [3.05, 3.63) is 122 Å². The molecule has 0 radical (unpaired) electrons. The first kappa shape index (κ1) is 48.4. The first-order valence-electron chi connectivity index (χ1n) is 22.5. The summed E-state index contributed by atoms with van der Waals surface area (Å²) in [6, 6.07) is 20.2. The molecule has 4 atom stereocenters. The van der Waals surface area contributed by atoms with Gasteiger partial charge in [-0.3, -0.25) is 28.7 Å². The number of methoxy groups -OCH3 is 1. The van der Waals surface area contributed by atoms with Gasteiger partial charge in [-0.1, -0.05) is 75.4 Å². The van der Waals surface area contributed by atoms with Gasteiger partial charge in [0.1, 0.15) is 40.8 Å². The Kier molecular flexibility index (Phi) is 13.9. The zero-order valence-electron chi connectivity index (χ0n) is 39.6. The Morgan fingerprint density at radius 1 is 0.957 bits per heavy atom. The van der Waals surface area contributed by atoms with Gasteiger partial charge in [-0.05, 0) is 73.1 Å². The monoisotopic (exact) mass is 967 g/mol. The number of aliphatic hydroxyl groups is 1. The Balaban J connectivity index is 0.929. The molecule has 0 aliphatic carbocycles. The maximum absolute atomic E-state index is 14.2. The Bertz CT molecular complexity index is 3010. The summed E-state index contributed by atoms with van der Waals surface area (Å²) in [7, 11) is 1.35. The fourth-order valence-corrected chi connectivity index (χ4v) is 10.7. The number of nitrogens with zero attached hydrogens (tertiary/aromatic N) is 7. The minimum absolute atomic E-state index is 0.0115. The molecule has 2 aliphatic rings. The molecule has 1 saturated heterocycles. The van der Waals surface area contributed by atoms with Gasteiger partial charge in [0, 0.05) is 35.5 Å². The molecule has 2 aliphatic heterocycles. The molecule has 356 valence electrons. The molecule has 0 spiro atoms. The number of hydrogen-bond acceptors (Lipinski definition) is 14. The quantitative estimate of drug-likeness (QED) is 0.102. The first-order chi connectivity index (χ1) is 32.9. The maximum atomic E-state index is 14.2. The van der Waals surface area contributed by atoms with E-state index < -0.39 is 59.9 Å². The minimum Gasteiger partial charge on any atom is -0.482 e. The molecule has 0 saturated carbocycles. The van der Waals surface area contributed by atoms with Crippen LogP contribution in [0.5, 0.6) is 5.75 Å². The zero-order valence-corrected chi connectivity index (χ0v) is 41.2. The van der Waals surface area contributed by atoms with Crippen LogP contribution in [-0.4, -0.2) is 97.6 Å². The number of nitrogens with one attached hydrogen (secondary N) is 2. The number of aliphatic hydroxyl groups excluding tert-OH is 1. The van der Waals surface area contributed by atoms with Crippen LogP contribution in [0.1, 0.15) is 89.7 Å². The summed E-state index contributed by atoms with van der Waals surface area (Å²) in [5.74, 6) is -0.493. The molecule has 0 unspecified atom stereocenters. The number of carbonyl (C=O) groups excluding carboxylic acids is 4. The largest absolute Gasteiger partial charge is 0.482 e. The summed E-state index contributed by atoms with van der Waals surface area (Å²) < 4.78 is 12.9. The minimum atomic E-state index is -1.07. The van der Waals surface area contributed by atoms with Gasteiger partial charge in [0.25, 0.3) is 5.91 Å². The lowest BCUT2D eigenvalue weighted by Crippen LogP contribution is -2.58. The summed E-state index contributed by atoms with van der Waals surface area (Å²) >= 11 is 3.18. The molecule has 18 heteroatoms. The first-order valence-corrected chi connectivity index (χ1v) is 24.1. The standard InChI is InChI=1S/C51H53N9O7S2/c1-27-29(3)69-50-43(27)44(55-38(21-42(63)66-8)47-58-57-30(4)60(47)50)33-15-13-32(14-16-33)35-17-18-40(36(19-35)22-52)67-25-41(62)56-46(51(5,6)7)49(65)59-24-37(61)20-39(59)48(64)53-23-31-9-11-34(12-10-31)45-28(2)54-26-68-45/h9-19,26,37-39,46,61H,20-21,23-25H2,1-8H3,(H,53,64)(H,56,62)/t37-,38+,39+,46-/m1/s1. The third kappa shape index (κ3) is 10.1. The lowest BCUT2D eigenvalue weighted by atomic mass is 9.85. The fraction of sp³-hybridized carbons (Fsp3) is 0.353. The molecule has 3 aromatic carbocycles. The Hall–Kier alpha value is -7.07. The van der Waals surface area contributed by atoms with Gasteiger partial charge in [0.05, 0.1) is 47.0 Å². The molecule has 8 rings (SSSR count). The van der Waals surface area contributed by atoms with E-state index in [1.165, 1.54) is 12.0 Å². The number of carbonyl (C=O) groups is 4. The highest BCUT2D eigenvalue weighted by Crippen LogP contribution is 2.40. The van der Waals surface area contributed by atoms with Crippen molar-refractivity contribution in [1.82, 2.24) is 35.3 Å². The molecular weight excluding hydrogens is 915 g/mol. The van der Waals surface area contributed by atoms with Crippen molar-refractivity contribution in [1.29, 1.82) is 5.26 Å². The smallest absolute Gasteiger partial charge is 0.308 e. The van der Waals surface area contributed by atoms with E-state index in [9.17, 15) is 29.5 Å². The highest BCUT2D eigenvalue weighted by atomic mass is 32.1. The van der Waals surface area contributed by atoms with Gasteiger partial charge in [-0.15, -0.1) is 32.9 Å². The van der Waals surface area contributed by atoms with Crippen molar-refractivity contribution < 1.29 is 33.8 Å². The van der Waals surface area contributed by atoms with Crippen molar-refractivity contribution in [3.63, 3.8) is 0 Å². The maximum Gasteiger partial charge on any atom is 0.308 e. The number of amides is 3. The molecule has 0 bridgehead atoms. The van der Waals surface area contributed by atoms with Crippen LogP contribution in [0.4, 0.5) is 0 Å². The molecule has 16 nitrogen and oxygen atoms in total. The Labute approximate surface area is 408 Å². The van der Waals surface area contributed by atoms with Crippen molar-refractivity contribution in [2.75, 3.05) is 20.3 Å². The number of thiazole rings is 1. The number of aryl methyl sites for hydroxylation is 3. The highest BCUT2D eigenvalue weighted by Gasteiger charge is 2.44. The SMILES string of the molecule is COC(=O)C[C@@H]1N=C(c2ccc(-c3ccc(OCC(=O)N[C@H](C(=O)N4C[C@H](O)C[C@H]4C(=O)NCc4ccc(-c5scnc5C)cc4)C(C)(C)C)c(C#N)c3)cc2)c2c(sc(C)c2C)-n2c(C)nnc21. The number of nitriles is 1. The summed E-state index contributed by atoms with van der Waals surface area (Å²) in [4.78, 5) is 66.8. The van der Waals surface area contributed by atoms with Crippen LogP contribution in [0.2, 0.25) is 0 Å². The average molecular weight is 968 g/mol. The van der Waals surface area contributed by atoms with E-state index in [4.69, 9.17) is 14.5 Å². The number of β-amino-alcohol motifs (C(OH)–C–C–N with tert-alkyl or cyclic N) is 1. The summed E-state index contributed by atoms with van der Waals surface area (Å²) in [5, 5.41) is 36.3. The Morgan fingerprint density at radius 3 is 2.32 bits per heavy atom. The summed E-state index contributed by atoms with van der Waals surface area (Å²) in [5.41, 5.74) is 9.16.